The molecule has 1 unspecified atom stereocenters. The van der Waals surface area contributed by atoms with Crippen LogP contribution < -0.4 is 15.8 Å². The van der Waals surface area contributed by atoms with Crippen molar-refractivity contribution in [3.8, 4) is 5.75 Å². The van der Waals surface area contributed by atoms with Crippen molar-refractivity contribution in [1.82, 2.24) is 5.32 Å². The monoisotopic (exact) mass is 356 g/mol. The third-order valence-electron chi connectivity index (χ3n) is 4.68. The molecule has 0 amide bonds. The van der Waals surface area contributed by atoms with Crippen molar-refractivity contribution in [3.63, 3.8) is 0 Å². The van der Waals surface area contributed by atoms with Crippen LogP contribution in [0.25, 0.3) is 0 Å². The molecule has 1 saturated heterocycles. The van der Waals surface area contributed by atoms with Crippen molar-refractivity contribution in [2.45, 2.75) is 38.9 Å². The maximum atomic E-state index is 6.12. The Kier molecular flexibility index (Phi) is 8.10. The molecule has 1 fully saturated rings. The lowest BCUT2D eigenvalue weighted by Crippen LogP contribution is -2.46. The fourth-order valence-electron chi connectivity index (χ4n) is 3.52. The first-order valence-corrected chi connectivity index (χ1v) is 9.58. The molecule has 1 aliphatic heterocycles. The number of hydrogen-bond acceptors (Lipinski definition) is 4. The number of rotatable bonds is 3. The molecule has 3 N–H and O–H groups in total. The molecule has 0 radical (unpaired) electrons. The van der Waals surface area contributed by atoms with Crippen molar-refractivity contribution in [2.24, 2.45) is 5.73 Å². The first kappa shape index (κ1) is 20.4. The molecule has 0 saturated carbocycles. The van der Waals surface area contributed by atoms with E-state index in [9.17, 15) is 0 Å². The molecule has 142 valence electrons. The number of morpholine rings is 1. The highest BCUT2D eigenvalue weighted by Crippen LogP contribution is 2.41. The second-order valence-electron chi connectivity index (χ2n) is 6.11. The summed E-state index contributed by atoms with van der Waals surface area (Å²) >= 11 is 0. The van der Waals surface area contributed by atoms with Gasteiger partial charge in [0.25, 0.3) is 0 Å². The lowest BCUT2D eigenvalue weighted by Gasteiger charge is -2.35. The quantitative estimate of drug-likeness (QED) is 0.882. The molecular weight excluding hydrogens is 324 g/mol. The van der Waals surface area contributed by atoms with E-state index >= 15 is 0 Å². The van der Waals surface area contributed by atoms with Crippen LogP contribution in [0, 0.1) is 0 Å². The Bertz CT molecular complexity index is 652. The summed E-state index contributed by atoms with van der Waals surface area (Å²) < 4.78 is 12.1. The van der Waals surface area contributed by atoms with E-state index in [2.05, 4.69) is 41.4 Å². The standard InChI is InChI=1S/C19H21NO2.C2H6.CH5N/c1-2-4-15(5-3-1)13-21-17-6-7-18-16(12-17)8-9-19(18)14-20-10-11-22-19;2*1-2/h1-7,12,20H,8-11,13-14H2;1-2H3;2H2,1H3. The molecule has 4 rings (SSSR count). The van der Waals surface area contributed by atoms with Crippen molar-refractivity contribution in [3.05, 3.63) is 65.2 Å². The van der Waals surface area contributed by atoms with Crippen molar-refractivity contribution >= 4 is 0 Å². The van der Waals surface area contributed by atoms with Gasteiger partial charge in [-0.15, -0.1) is 0 Å². The second kappa shape index (κ2) is 10.3. The van der Waals surface area contributed by atoms with Crippen LogP contribution in [0.1, 0.15) is 37.0 Å². The zero-order valence-corrected chi connectivity index (χ0v) is 16.3. The molecule has 0 aromatic heterocycles. The smallest absolute Gasteiger partial charge is 0.120 e. The van der Waals surface area contributed by atoms with E-state index in [-0.39, 0.29) is 5.60 Å². The molecule has 1 aliphatic carbocycles. The van der Waals surface area contributed by atoms with Crippen LogP contribution in [0.4, 0.5) is 0 Å². The Morgan fingerprint density at radius 3 is 2.58 bits per heavy atom. The third-order valence-corrected chi connectivity index (χ3v) is 4.68. The van der Waals surface area contributed by atoms with E-state index in [1.807, 2.05) is 32.0 Å². The molecule has 4 heteroatoms. The average Bonchev–Trinajstić information content (AvgIpc) is 3.08. The maximum absolute atomic E-state index is 6.12. The van der Waals surface area contributed by atoms with Gasteiger partial charge in [0, 0.05) is 13.1 Å². The zero-order valence-electron chi connectivity index (χ0n) is 16.3. The molecule has 0 bridgehead atoms. The largest absolute Gasteiger partial charge is 0.489 e. The summed E-state index contributed by atoms with van der Waals surface area (Å²) in [6.07, 6.45) is 2.14. The number of ether oxygens (including phenoxy) is 2. The third kappa shape index (κ3) is 4.64. The Morgan fingerprint density at radius 1 is 1.12 bits per heavy atom. The first-order valence-electron chi connectivity index (χ1n) is 9.58. The summed E-state index contributed by atoms with van der Waals surface area (Å²) in [6.45, 7) is 7.29. The minimum atomic E-state index is -0.106. The molecule has 2 aromatic rings. The molecule has 1 atom stereocenters. The van der Waals surface area contributed by atoms with Gasteiger partial charge in [-0.1, -0.05) is 50.2 Å². The van der Waals surface area contributed by atoms with Crippen LogP contribution in [0.15, 0.2) is 48.5 Å². The summed E-state index contributed by atoms with van der Waals surface area (Å²) in [5, 5.41) is 3.46. The Morgan fingerprint density at radius 2 is 1.88 bits per heavy atom. The highest BCUT2D eigenvalue weighted by molar-refractivity contribution is 5.43. The highest BCUT2D eigenvalue weighted by Gasteiger charge is 2.41. The van der Waals surface area contributed by atoms with Gasteiger partial charge >= 0.3 is 0 Å². The fourth-order valence-corrected chi connectivity index (χ4v) is 3.52. The summed E-state index contributed by atoms with van der Waals surface area (Å²) in [7, 11) is 1.50. The minimum absolute atomic E-state index is 0.106. The minimum Gasteiger partial charge on any atom is -0.489 e. The van der Waals surface area contributed by atoms with E-state index in [1.54, 1.807) is 0 Å². The molecule has 26 heavy (non-hydrogen) atoms. The molecule has 1 spiro atoms. The van der Waals surface area contributed by atoms with Crippen LogP contribution in [0.5, 0.6) is 5.75 Å². The number of fused-ring (bicyclic) bond motifs is 2. The lowest BCUT2D eigenvalue weighted by molar-refractivity contribution is -0.0695. The molecule has 4 nitrogen and oxygen atoms in total. The summed E-state index contributed by atoms with van der Waals surface area (Å²) in [6, 6.07) is 16.7. The second-order valence-corrected chi connectivity index (χ2v) is 6.11. The van der Waals surface area contributed by atoms with Crippen LogP contribution in [0.3, 0.4) is 0 Å². The van der Waals surface area contributed by atoms with Gasteiger partial charge in [0.2, 0.25) is 0 Å². The van der Waals surface area contributed by atoms with Gasteiger partial charge in [-0.2, -0.15) is 0 Å². The van der Waals surface area contributed by atoms with Crippen LogP contribution >= 0.6 is 0 Å². The van der Waals surface area contributed by atoms with Crippen LogP contribution in [0.2, 0.25) is 0 Å². The predicted octanol–water partition coefficient (Wildman–Crippen LogP) is 3.63. The van der Waals surface area contributed by atoms with Crippen molar-refractivity contribution in [1.29, 1.82) is 0 Å². The van der Waals surface area contributed by atoms with Gasteiger partial charge in [-0.05, 0) is 48.7 Å². The van der Waals surface area contributed by atoms with Gasteiger partial charge in [0.1, 0.15) is 18.0 Å². The molecule has 2 aliphatic rings. The molecule has 2 aromatic carbocycles. The van der Waals surface area contributed by atoms with Crippen LogP contribution in [-0.2, 0) is 23.4 Å². The SMILES string of the molecule is CC.CN.c1ccc(COc2ccc3c(c2)CCC32CNCCO2)cc1. The van der Waals surface area contributed by atoms with E-state index < -0.39 is 0 Å². The Balaban J connectivity index is 0.000000570. The molecular formula is C22H32N2O2. The van der Waals surface area contributed by atoms with Gasteiger partial charge in [-0.25, -0.2) is 0 Å². The van der Waals surface area contributed by atoms with Gasteiger partial charge in [0.05, 0.1) is 6.61 Å². The topological polar surface area (TPSA) is 56.5 Å². The van der Waals surface area contributed by atoms with Crippen molar-refractivity contribution < 1.29 is 9.47 Å². The lowest BCUT2D eigenvalue weighted by atomic mass is 9.94. The Labute approximate surface area is 157 Å². The van der Waals surface area contributed by atoms with E-state index in [4.69, 9.17) is 9.47 Å². The first-order chi connectivity index (χ1) is 12.9. The Hall–Kier alpha value is -1.88. The van der Waals surface area contributed by atoms with E-state index in [0.29, 0.717) is 6.61 Å². The number of benzene rings is 2. The number of nitrogens with two attached hydrogens (primary N) is 1. The van der Waals surface area contributed by atoms with Crippen molar-refractivity contribution in [2.75, 3.05) is 26.7 Å². The summed E-state index contributed by atoms with van der Waals surface area (Å²) in [5.41, 5.74) is 8.30. The maximum Gasteiger partial charge on any atom is 0.120 e. The number of aryl methyl sites for hydroxylation is 1. The van der Waals surface area contributed by atoms with Gasteiger partial charge in [-0.3, -0.25) is 0 Å². The van der Waals surface area contributed by atoms with Gasteiger partial charge in [0.15, 0.2) is 0 Å². The van der Waals surface area contributed by atoms with E-state index in [1.165, 1.54) is 23.7 Å². The zero-order chi connectivity index (χ0) is 18.8. The van der Waals surface area contributed by atoms with Gasteiger partial charge < -0.3 is 20.5 Å². The molecule has 1 heterocycles. The number of nitrogens with one attached hydrogen (secondary N) is 1. The number of hydrogen-bond donors (Lipinski definition) is 2. The fraction of sp³-hybridized carbons (Fsp3) is 0.455. The van der Waals surface area contributed by atoms with Crippen LogP contribution in [-0.4, -0.2) is 26.7 Å². The summed E-state index contributed by atoms with van der Waals surface area (Å²) in [5.74, 6) is 0.948. The highest BCUT2D eigenvalue weighted by atomic mass is 16.5. The van der Waals surface area contributed by atoms with E-state index in [0.717, 1.165) is 38.3 Å². The average molecular weight is 357 g/mol. The normalized spacial score (nSPS) is 20.3. The predicted molar refractivity (Wildman–Crippen MR) is 107 cm³/mol. The summed E-state index contributed by atoms with van der Waals surface area (Å²) in [4.78, 5) is 0.